The van der Waals surface area contributed by atoms with Gasteiger partial charge in [0.2, 0.25) is 11.7 Å². The number of para-hydroxylation sites is 1. The third-order valence-electron chi connectivity index (χ3n) is 3.92. The first-order valence-corrected chi connectivity index (χ1v) is 8.13. The fraction of sp³-hybridized carbons (Fsp3) is 0.263. The Morgan fingerprint density at radius 2 is 2.00 bits per heavy atom. The minimum atomic E-state index is 0.0991. The van der Waals surface area contributed by atoms with Crippen molar-refractivity contribution in [2.45, 2.75) is 20.3 Å². The van der Waals surface area contributed by atoms with Crippen molar-refractivity contribution < 1.29 is 9.15 Å². The zero-order valence-corrected chi connectivity index (χ0v) is 14.6. The first-order chi connectivity index (χ1) is 12.0. The predicted octanol–water partition coefficient (Wildman–Crippen LogP) is 3.98. The second kappa shape index (κ2) is 6.84. The average Bonchev–Trinajstić information content (AvgIpc) is 2.96. The smallest absolute Gasteiger partial charge is 0.233 e. The Bertz CT molecular complexity index is 928. The average molecular weight is 338 g/mol. The molecule has 3 aromatic rings. The molecule has 0 unspecified atom stereocenters. The summed E-state index contributed by atoms with van der Waals surface area (Å²) in [5, 5.41) is 0.672. The zero-order valence-electron chi connectivity index (χ0n) is 14.6. The van der Waals surface area contributed by atoms with Gasteiger partial charge in [-0.15, -0.1) is 0 Å². The number of nitrogens with two attached hydrogens (primary N) is 2. The van der Waals surface area contributed by atoms with E-state index in [0.717, 1.165) is 28.9 Å². The van der Waals surface area contributed by atoms with Crippen molar-refractivity contribution in [2.24, 2.45) is 5.92 Å². The summed E-state index contributed by atoms with van der Waals surface area (Å²) in [5.41, 5.74) is 15.1. The van der Waals surface area contributed by atoms with Crippen LogP contribution >= 0.6 is 0 Å². The summed E-state index contributed by atoms with van der Waals surface area (Å²) >= 11 is 0. The molecule has 0 atom stereocenters. The van der Waals surface area contributed by atoms with Gasteiger partial charge in [0.05, 0.1) is 12.5 Å². The Kier molecular flexibility index (Phi) is 4.61. The minimum absolute atomic E-state index is 0.0991. The number of nitrogens with zero attached hydrogens (tertiary/aromatic N) is 2. The monoisotopic (exact) mass is 338 g/mol. The van der Waals surface area contributed by atoms with Crippen molar-refractivity contribution in [3.8, 4) is 5.75 Å². The first kappa shape index (κ1) is 16.8. The highest BCUT2D eigenvalue weighted by Crippen LogP contribution is 2.34. The van der Waals surface area contributed by atoms with E-state index in [-0.39, 0.29) is 5.95 Å². The number of benzene rings is 1. The van der Waals surface area contributed by atoms with Gasteiger partial charge in [-0.3, -0.25) is 0 Å². The molecule has 0 saturated carbocycles. The summed E-state index contributed by atoms with van der Waals surface area (Å²) in [6.07, 6.45) is 4.56. The lowest BCUT2D eigenvalue weighted by atomic mass is 9.94. The van der Waals surface area contributed by atoms with Crippen LogP contribution in [-0.2, 0) is 0 Å². The SMILES string of the molecule is COc1ccccc1C(=Cc1coc2nc(N)nc(N)c12)CC(C)C. The molecule has 0 saturated heterocycles. The molecule has 0 bridgehead atoms. The van der Waals surface area contributed by atoms with Gasteiger partial charge >= 0.3 is 0 Å². The molecular weight excluding hydrogens is 316 g/mol. The zero-order chi connectivity index (χ0) is 18.0. The summed E-state index contributed by atoms with van der Waals surface area (Å²) in [6, 6.07) is 7.96. The van der Waals surface area contributed by atoms with Gasteiger partial charge < -0.3 is 20.6 Å². The topological polar surface area (TPSA) is 100 Å². The molecular formula is C19H22N4O2. The van der Waals surface area contributed by atoms with E-state index >= 15 is 0 Å². The number of aromatic nitrogens is 2. The summed E-state index contributed by atoms with van der Waals surface area (Å²) in [7, 11) is 1.67. The Labute approximate surface area is 146 Å². The number of fused-ring (bicyclic) bond motifs is 1. The third-order valence-corrected chi connectivity index (χ3v) is 3.92. The molecule has 0 amide bonds. The van der Waals surface area contributed by atoms with Gasteiger partial charge in [0.15, 0.2) is 0 Å². The molecule has 1 aromatic carbocycles. The molecule has 4 N–H and O–H groups in total. The van der Waals surface area contributed by atoms with Crippen LogP contribution in [0.1, 0.15) is 31.4 Å². The summed E-state index contributed by atoms with van der Waals surface area (Å²) in [5.74, 6) is 1.71. The maximum atomic E-state index is 6.03. The molecule has 0 aliphatic heterocycles. The van der Waals surface area contributed by atoms with Gasteiger partial charge in [0.1, 0.15) is 17.8 Å². The van der Waals surface area contributed by atoms with Gasteiger partial charge in [0.25, 0.3) is 0 Å². The van der Waals surface area contributed by atoms with E-state index in [2.05, 4.69) is 29.9 Å². The second-order valence-electron chi connectivity index (χ2n) is 6.31. The number of allylic oxidation sites excluding steroid dienone is 1. The Hall–Kier alpha value is -3.02. The van der Waals surface area contributed by atoms with Crippen LogP contribution in [0.15, 0.2) is 34.9 Å². The lowest BCUT2D eigenvalue weighted by Crippen LogP contribution is -2.00. The van der Waals surface area contributed by atoms with Gasteiger partial charge in [-0.05, 0) is 30.1 Å². The van der Waals surface area contributed by atoms with Crippen molar-refractivity contribution in [2.75, 3.05) is 18.6 Å². The van der Waals surface area contributed by atoms with Gasteiger partial charge in [-0.2, -0.15) is 9.97 Å². The Balaban J connectivity index is 2.17. The maximum Gasteiger partial charge on any atom is 0.233 e. The van der Waals surface area contributed by atoms with E-state index in [9.17, 15) is 0 Å². The number of ether oxygens (including phenoxy) is 1. The number of methoxy groups -OCH3 is 1. The van der Waals surface area contributed by atoms with Crippen LogP contribution in [-0.4, -0.2) is 17.1 Å². The van der Waals surface area contributed by atoms with Crippen molar-refractivity contribution in [1.82, 2.24) is 9.97 Å². The van der Waals surface area contributed by atoms with E-state index in [4.69, 9.17) is 20.6 Å². The predicted molar refractivity (Wildman–Crippen MR) is 101 cm³/mol. The van der Waals surface area contributed by atoms with Crippen LogP contribution in [0.4, 0.5) is 11.8 Å². The van der Waals surface area contributed by atoms with E-state index in [0.29, 0.717) is 22.8 Å². The molecule has 0 spiro atoms. The van der Waals surface area contributed by atoms with Crippen LogP contribution < -0.4 is 16.2 Å². The van der Waals surface area contributed by atoms with E-state index in [1.165, 1.54) is 0 Å². The van der Waals surface area contributed by atoms with Crippen LogP contribution in [0.25, 0.3) is 22.7 Å². The molecule has 130 valence electrons. The number of furan rings is 1. The fourth-order valence-electron chi connectivity index (χ4n) is 2.90. The molecule has 3 rings (SSSR count). The van der Waals surface area contributed by atoms with E-state index < -0.39 is 0 Å². The Morgan fingerprint density at radius 3 is 2.72 bits per heavy atom. The highest BCUT2D eigenvalue weighted by Gasteiger charge is 2.15. The summed E-state index contributed by atoms with van der Waals surface area (Å²) in [6.45, 7) is 4.35. The number of nitrogen functional groups attached to an aromatic ring is 2. The lowest BCUT2D eigenvalue weighted by Gasteiger charge is -2.14. The van der Waals surface area contributed by atoms with Crippen LogP contribution in [0.3, 0.4) is 0 Å². The summed E-state index contributed by atoms with van der Waals surface area (Å²) < 4.78 is 11.0. The Morgan fingerprint density at radius 1 is 1.24 bits per heavy atom. The van der Waals surface area contributed by atoms with Gasteiger partial charge in [0, 0.05) is 11.1 Å². The van der Waals surface area contributed by atoms with Crippen LogP contribution in [0.5, 0.6) is 5.75 Å². The highest BCUT2D eigenvalue weighted by atomic mass is 16.5. The lowest BCUT2D eigenvalue weighted by molar-refractivity contribution is 0.413. The standard InChI is InChI=1S/C19H22N4O2/c1-11(2)8-12(14-6-4-5-7-15(14)24-3)9-13-10-25-18-16(13)17(20)22-19(21)23-18/h4-7,9-11H,8H2,1-3H3,(H4,20,21,22,23). The number of anilines is 2. The molecule has 0 fully saturated rings. The molecule has 25 heavy (non-hydrogen) atoms. The van der Waals surface area contributed by atoms with E-state index in [1.807, 2.05) is 24.3 Å². The van der Waals surface area contributed by atoms with Crippen LogP contribution in [0, 0.1) is 5.92 Å². The van der Waals surface area contributed by atoms with Crippen molar-refractivity contribution in [3.63, 3.8) is 0 Å². The van der Waals surface area contributed by atoms with Crippen LogP contribution in [0.2, 0.25) is 0 Å². The largest absolute Gasteiger partial charge is 0.496 e. The van der Waals surface area contributed by atoms with Crippen molar-refractivity contribution in [3.05, 3.63) is 41.7 Å². The molecule has 2 heterocycles. The number of rotatable bonds is 5. The number of hydrogen-bond donors (Lipinski definition) is 2. The molecule has 6 nitrogen and oxygen atoms in total. The normalized spacial score (nSPS) is 12.1. The van der Waals surface area contributed by atoms with Crippen molar-refractivity contribution >= 4 is 34.5 Å². The summed E-state index contributed by atoms with van der Waals surface area (Å²) in [4.78, 5) is 8.14. The molecule has 2 aromatic heterocycles. The maximum absolute atomic E-state index is 6.03. The molecule has 0 radical (unpaired) electrons. The third kappa shape index (κ3) is 3.42. The highest BCUT2D eigenvalue weighted by molar-refractivity contribution is 5.98. The first-order valence-electron chi connectivity index (χ1n) is 8.13. The molecule has 0 aliphatic rings. The second-order valence-corrected chi connectivity index (χ2v) is 6.31. The van der Waals surface area contributed by atoms with Gasteiger partial charge in [-0.1, -0.05) is 32.0 Å². The molecule has 6 heteroatoms. The quantitative estimate of drug-likeness (QED) is 0.730. The van der Waals surface area contributed by atoms with Crippen molar-refractivity contribution in [1.29, 1.82) is 0 Å². The van der Waals surface area contributed by atoms with Gasteiger partial charge in [-0.25, -0.2) is 0 Å². The fourth-order valence-corrected chi connectivity index (χ4v) is 2.90. The molecule has 0 aliphatic carbocycles. The number of hydrogen-bond acceptors (Lipinski definition) is 6. The van der Waals surface area contributed by atoms with E-state index in [1.54, 1.807) is 13.4 Å². The minimum Gasteiger partial charge on any atom is -0.496 e.